The maximum Gasteiger partial charge on any atom is 0.323 e. The van der Waals surface area contributed by atoms with Crippen LogP contribution in [0.3, 0.4) is 0 Å². The molecule has 3 N–H and O–H groups in total. The maximum atomic E-state index is 12.3. The van der Waals surface area contributed by atoms with E-state index >= 15 is 0 Å². The van der Waals surface area contributed by atoms with Crippen molar-refractivity contribution in [3.63, 3.8) is 0 Å². The van der Waals surface area contributed by atoms with E-state index in [9.17, 15) is 19.5 Å². The van der Waals surface area contributed by atoms with Gasteiger partial charge in [-0.25, -0.2) is 4.79 Å². The molecule has 1 fully saturated rings. The number of benzene rings is 2. The second-order valence-corrected chi connectivity index (χ2v) is 7.36. The molecule has 0 unspecified atom stereocenters. The molecule has 9 heteroatoms. The summed E-state index contributed by atoms with van der Waals surface area (Å²) in [7, 11) is 3.22. The van der Waals surface area contributed by atoms with E-state index in [4.69, 9.17) is 4.74 Å². The van der Waals surface area contributed by atoms with Crippen LogP contribution in [0.5, 0.6) is 0 Å². The summed E-state index contributed by atoms with van der Waals surface area (Å²) >= 11 is 0. The zero-order chi connectivity index (χ0) is 22.4. The van der Waals surface area contributed by atoms with Gasteiger partial charge in [0.05, 0.1) is 12.6 Å². The van der Waals surface area contributed by atoms with Crippen molar-refractivity contribution < 1.29 is 24.2 Å². The number of para-hydroxylation sites is 1. The smallest absolute Gasteiger partial charge is 0.323 e. The van der Waals surface area contributed by atoms with Crippen LogP contribution in [-0.2, 0) is 14.3 Å². The number of hydrogen-bond acceptors (Lipinski definition) is 5. The Morgan fingerprint density at radius 1 is 1.06 bits per heavy atom. The largest absolute Gasteiger partial charge is 0.394 e. The Morgan fingerprint density at radius 2 is 1.68 bits per heavy atom. The number of morpholine rings is 1. The molecule has 1 heterocycles. The van der Waals surface area contributed by atoms with Gasteiger partial charge in [-0.3, -0.25) is 9.59 Å². The number of carbonyl (C=O) groups is 3. The Morgan fingerprint density at radius 3 is 2.26 bits per heavy atom. The molecule has 2 aromatic carbocycles. The fourth-order valence-corrected chi connectivity index (χ4v) is 3.28. The van der Waals surface area contributed by atoms with Gasteiger partial charge < -0.3 is 30.3 Å². The van der Waals surface area contributed by atoms with Crippen LogP contribution < -0.4 is 10.6 Å². The molecular formula is C22H26N4O5. The number of amides is 4. The summed E-state index contributed by atoms with van der Waals surface area (Å²) in [5, 5.41) is 15.4. The number of aliphatic hydroxyl groups is 1. The van der Waals surface area contributed by atoms with Crippen LogP contribution in [0.1, 0.15) is 11.7 Å². The average molecular weight is 426 g/mol. The molecule has 9 nitrogen and oxygen atoms in total. The van der Waals surface area contributed by atoms with Gasteiger partial charge in [-0.1, -0.05) is 30.3 Å². The number of rotatable bonds is 6. The molecule has 0 aliphatic carbocycles. The van der Waals surface area contributed by atoms with Gasteiger partial charge in [0.2, 0.25) is 11.8 Å². The fourth-order valence-electron chi connectivity index (χ4n) is 3.28. The predicted octanol–water partition coefficient (Wildman–Crippen LogP) is 1.68. The lowest BCUT2D eigenvalue weighted by Crippen LogP contribution is -2.55. The lowest BCUT2D eigenvalue weighted by Gasteiger charge is -2.40. The highest BCUT2D eigenvalue weighted by Gasteiger charge is 2.38. The van der Waals surface area contributed by atoms with Crippen molar-refractivity contribution in [1.82, 2.24) is 9.80 Å². The van der Waals surface area contributed by atoms with E-state index in [1.54, 1.807) is 50.5 Å². The molecule has 1 aliphatic rings. The number of anilines is 2. The van der Waals surface area contributed by atoms with Crippen LogP contribution in [0, 0.1) is 0 Å². The molecule has 31 heavy (non-hydrogen) atoms. The number of nitrogens with zero attached hydrogens (tertiary/aromatic N) is 2. The number of likely N-dealkylation sites (N-methyl/N-ethyl adjacent to an activating group) is 1. The Hall–Kier alpha value is -3.43. The van der Waals surface area contributed by atoms with Gasteiger partial charge in [0.1, 0.15) is 19.3 Å². The highest BCUT2D eigenvalue weighted by Crippen LogP contribution is 2.30. The first-order valence-corrected chi connectivity index (χ1v) is 9.84. The number of urea groups is 1. The molecule has 0 radical (unpaired) electrons. The van der Waals surface area contributed by atoms with Gasteiger partial charge in [-0.2, -0.15) is 0 Å². The molecule has 1 saturated heterocycles. The van der Waals surface area contributed by atoms with Crippen LogP contribution in [0.25, 0.3) is 0 Å². The molecule has 164 valence electrons. The molecule has 1 aliphatic heterocycles. The van der Waals surface area contributed by atoms with E-state index in [-0.39, 0.29) is 37.6 Å². The number of ether oxygens (including phenoxy) is 1. The lowest BCUT2D eigenvalue weighted by molar-refractivity contribution is -0.164. The maximum absolute atomic E-state index is 12.3. The molecule has 2 aromatic rings. The van der Waals surface area contributed by atoms with Gasteiger partial charge in [-0.15, -0.1) is 0 Å². The van der Waals surface area contributed by atoms with Crippen LogP contribution in [0.4, 0.5) is 16.2 Å². The minimum Gasteiger partial charge on any atom is -0.394 e. The van der Waals surface area contributed by atoms with E-state index in [1.165, 1.54) is 9.80 Å². The monoisotopic (exact) mass is 426 g/mol. The normalized spacial score (nSPS) is 18.4. The van der Waals surface area contributed by atoms with Crippen molar-refractivity contribution in [2.24, 2.45) is 0 Å². The standard InChI is InChI=1S/C22H26N4O5/c1-25(2)19(28)12-26-18(13-27)21(31-14-20(26)29)15-8-10-17(11-9-15)24-22(30)23-16-6-4-3-5-7-16/h3-11,18,21,27H,12-14H2,1-2H3,(H2,23,24,30)/t18-,21-/m1/s1. The number of hydrogen-bond donors (Lipinski definition) is 3. The average Bonchev–Trinajstić information content (AvgIpc) is 2.76. The van der Waals surface area contributed by atoms with Gasteiger partial charge >= 0.3 is 6.03 Å². The third kappa shape index (κ3) is 5.59. The first kappa shape index (κ1) is 22.3. The minimum atomic E-state index is -0.690. The van der Waals surface area contributed by atoms with Crippen LogP contribution in [0.15, 0.2) is 54.6 Å². The molecule has 3 rings (SSSR count). The highest BCUT2D eigenvalue weighted by molar-refractivity contribution is 5.99. The van der Waals surface area contributed by atoms with Gasteiger partial charge in [0, 0.05) is 25.5 Å². The Balaban J connectivity index is 1.68. The van der Waals surface area contributed by atoms with Crippen LogP contribution >= 0.6 is 0 Å². The van der Waals surface area contributed by atoms with Crippen LogP contribution in [-0.4, -0.2) is 72.6 Å². The van der Waals surface area contributed by atoms with E-state index in [0.717, 1.165) is 5.56 Å². The third-order valence-electron chi connectivity index (χ3n) is 4.98. The summed E-state index contributed by atoms with van der Waals surface area (Å²) in [6, 6.07) is 15.0. The number of nitrogens with one attached hydrogen (secondary N) is 2. The molecular weight excluding hydrogens is 400 g/mol. The summed E-state index contributed by atoms with van der Waals surface area (Å²) in [5.41, 5.74) is 1.97. The molecule has 4 amide bonds. The number of carbonyl (C=O) groups excluding carboxylic acids is 3. The summed E-state index contributed by atoms with van der Waals surface area (Å²) in [4.78, 5) is 39.3. The third-order valence-corrected chi connectivity index (χ3v) is 4.98. The molecule has 0 spiro atoms. The van der Waals surface area contributed by atoms with Crippen molar-refractivity contribution in [3.05, 3.63) is 60.2 Å². The quantitative estimate of drug-likeness (QED) is 0.651. The van der Waals surface area contributed by atoms with Gasteiger partial charge in [0.25, 0.3) is 0 Å². The predicted molar refractivity (Wildman–Crippen MR) is 115 cm³/mol. The lowest BCUT2D eigenvalue weighted by atomic mass is 9.99. The van der Waals surface area contributed by atoms with Crippen LogP contribution in [0.2, 0.25) is 0 Å². The zero-order valence-electron chi connectivity index (χ0n) is 17.4. The Bertz CT molecular complexity index is 917. The molecule has 2 atom stereocenters. The van der Waals surface area contributed by atoms with Crippen molar-refractivity contribution >= 4 is 29.2 Å². The first-order chi connectivity index (χ1) is 14.9. The topological polar surface area (TPSA) is 111 Å². The van der Waals surface area contributed by atoms with Gasteiger partial charge in [0.15, 0.2) is 0 Å². The van der Waals surface area contributed by atoms with E-state index in [2.05, 4.69) is 10.6 Å². The second-order valence-electron chi connectivity index (χ2n) is 7.36. The minimum absolute atomic E-state index is 0.129. The summed E-state index contributed by atoms with van der Waals surface area (Å²) in [6.07, 6.45) is -0.593. The Labute approximate surface area is 180 Å². The van der Waals surface area contributed by atoms with Crippen molar-refractivity contribution in [1.29, 1.82) is 0 Å². The van der Waals surface area contributed by atoms with Crippen molar-refractivity contribution in [2.45, 2.75) is 12.1 Å². The summed E-state index contributed by atoms with van der Waals surface area (Å²) in [5.74, 6) is -0.585. The summed E-state index contributed by atoms with van der Waals surface area (Å²) in [6.45, 7) is -0.659. The van der Waals surface area contributed by atoms with Gasteiger partial charge in [-0.05, 0) is 29.8 Å². The summed E-state index contributed by atoms with van der Waals surface area (Å²) < 4.78 is 5.68. The molecule has 0 saturated carbocycles. The Kier molecular flexibility index (Phi) is 7.22. The van der Waals surface area contributed by atoms with E-state index < -0.39 is 12.1 Å². The fraction of sp³-hybridized carbons (Fsp3) is 0.318. The molecule has 0 bridgehead atoms. The molecule has 0 aromatic heterocycles. The van der Waals surface area contributed by atoms with E-state index in [1.807, 2.05) is 18.2 Å². The first-order valence-electron chi connectivity index (χ1n) is 9.84. The number of aliphatic hydroxyl groups excluding tert-OH is 1. The SMILES string of the molecule is CN(C)C(=O)CN1C(=O)CO[C@H](c2ccc(NC(=O)Nc3ccccc3)cc2)[C@H]1CO. The zero-order valence-corrected chi connectivity index (χ0v) is 17.4. The second kappa shape index (κ2) is 10.1. The highest BCUT2D eigenvalue weighted by atomic mass is 16.5. The van der Waals surface area contributed by atoms with Crippen molar-refractivity contribution in [2.75, 3.05) is 44.5 Å². The van der Waals surface area contributed by atoms with E-state index in [0.29, 0.717) is 11.4 Å². The van der Waals surface area contributed by atoms with Crippen molar-refractivity contribution in [3.8, 4) is 0 Å².